The molecule has 1 aromatic rings. The Kier molecular flexibility index (Phi) is 7.38. The number of unbranched alkanes of at least 4 members (excludes halogenated alkanes) is 3. The summed E-state index contributed by atoms with van der Waals surface area (Å²) in [5.41, 5.74) is 10.0. The van der Waals surface area contributed by atoms with Crippen LogP contribution in [0.2, 0.25) is 0 Å². The Morgan fingerprint density at radius 3 is 2.79 bits per heavy atom. The second-order valence-corrected chi connectivity index (χ2v) is 10.3. The van der Waals surface area contributed by atoms with E-state index < -0.39 is 13.4 Å². The standard InChI is InChI=1S/C22H36NO4P/c1-2-3-4-5-6-17-7-8-19-14-20(10-9-18(19)13-17)21-11-12-22(23,15-21)16-27-28(24,25)26/h9-10,14,17,21H,2-8,11-13,15-16,23H2,1H3,(H2,24,25,26)/t17?,21-,22+/m0/s1. The first-order valence-corrected chi connectivity index (χ1v) is 12.4. The molecular weight excluding hydrogens is 373 g/mol. The van der Waals surface area contributed by atoms with Crippen LogP contribution >= 0.6 is 7.82 Å². The lowest BCUT2D eigenvalue weighted by Gasteiger charge is -2.27. The zero-order chi connectivity index (χ0) is 20.2. The van der Waals surface area contributed by atoms with Gasteiger partial charge in [-0.1, -0.05) is 57.2 Å². The van der Waals surface area contributed by atoms with Crippen LogP contribution in [-0.4, -0.2) is 21.9 Å². The summed E-state index contributed by atoms with van der Waals surface area (Å²) in [6.07, 6.45) is 12.8. The summed E-state index contributed by atoms with van der Waals surface area (Å²) in [6.45, 7) is 2.18. The van der Waals surface area contributed by atoms with E-state index in [1.807, 2.05) is 0 Å². The lowest BCUT2D eigenvalue weighted by atomic mass is 9.79. The SMILES string of the molecule is CCCCCCC1CCc2cc([C@H]3CC[C@](N)(COP(=O)(O)O)C3)ccc2C1. The van der Waals surface area contributed by atoms with Crippen LogP contribution in [-0.2, 0) is 21.9 Å². The fraction of sp³-hybridized carbons (Fsp3) is 0.727. The van der Waals surface area contributed by atoms with Crippen LogP contribution in [0.4, 0.5) is 0 Å². The van der Waals surface area contributed by atoms with E-state index in [1.165, 1.54) is 68.1 Å². The summed E-state index contributed by atoms with van der Waals surface area (Å²) in [5, 5.41) is 0. The molecule has 5 nitrogen and oxygen atoms in total. The van der Waals surface area contributed by atoms with Gasteiger partial charge in [-0.3, -0.25) is 4.52 Å². The van der Waals surface area contributed by atoms with Crippen molar-refractivity contribution in [3.8, 4) is 0 Å². The summed E-state index contributed by atoms with van der Waals surface area (Å²) in [4.78, 5) is 17.9. The molecule has 3 atom stereocenters. The predicted octanol–water partition coefficient (Wildman–Crippen LogP) is 4.84. The zero-order valence-electron chi connectivity index (χ0n) is 17.1. The average molecular weight is 410 g/mol. The van der Waals surface area contributed by atoms with Crippen molar-refractivity contribution in [2.24, 2.45) is 11.7 Å². The molecule has 0 bridgehead atoms. The summed E-state index contributed by atoms with van der Waals surface area (Å²) in [6, 6.07) is 6.92. The van der Waals surface area contributed by atoms with Gasteiger partial charge in [0.25, 0.3) is 0 Å². The topological polar surface area (TPSA) is 92.8 Å². The maximum atomic E-state index is 11.0. The van der Waals surface area contributed by atoms with Crippen molar-refractivity contribution in [1.82, 2.24) is 0 Å². The molecule has 0 aromatic heterocycles. The summed E-state index contributed by atoms with van der Waals surface area (Å²) < 4.78 is 15.7. The summed E-state index contributed by atoms with van der Waals surface area (Å²) in [5.74, 6) is 1.19. The Bertz CT molecular complexity index is 704. The Morgan fingerprint density at radius 2 is 2.04 bits per heavy atom. The van der Waals surface area contributed by atoms with Gasteiger partial charge in [-0.15, -0.1) is 0 Å². The number of phosphoric acid groups is 1. The minimum absolute atomic E-state index is 0.0849. The molecule has 1 aromatic carbocycles. The van der Waals surface area contributed by atoms with Gasteiger partial charge in [0.05, 0.1) is 6.61 Å². The van der Waals surface area contributed by atoms with Crippen molar-refractivity contribution in [1.29, 1.82) is 0 Å². The van der Waals surface area contributed by atoms with E-state index in [1.54, 1.807) is 0 Å². The third kappa shape index (κ3) is 6.14. The molecule has 1 unspecified atom stereocenters. The van der Waals surface area contributed by atoms with E-state index in [9.17, 15) is 4.57 Å². The average Bonchev–Trinajstić information content (AvgIpc) is 3.05. The van der Waals surface area contributed by atoms with Crippen molar-refractivity contribution in [2.75, 3.05) is 6.61 Å². The molecular formula is C22H36NO4P. The molecule has 3 rings (SSSR count). The van der Waals surface area contributed by atoms with Gasteiger partial charge in [-0.25, -0.2) is 4.57 Å². The molecule has 0 amide bonds. The summed E-state index contributed by atoms with van der Waals surface area (Å²) >= 11 is 0. The second kappa shape index (κ2) is 9.40. The van der Waals surface area contributed by atoms with E-state index in [-0.39, 0.29) is 6.61 Å². The molecule has 0 spiro atoms. The smallest absolute Gasteiger partial charge is 0.323 e. The number of rotatable bonds is 9. The normalized spacial score (nSPS) is 27.7. The Balaban J connectivity index is 1.56. The van der Waals surface area contributed by atoms with Gasteiger partial charge in [0, 0.05) is 5.54 Å². The molecule has 1 saturated carbocycles. The molecule has 158 valence electrons. The quantitative estimate of drug-likeness (QED) is 0.401. The van der Waals surface area contributed by atoms with Crippen LogP contribution in [0.1, 0.15) is 87.3 Å². The molecule has 6 heteroatoms. The monoisotopic (exact) mass is 409 g/mol. The number of benzene rings is 1. The lowest BCUT2D eigenvalue weighted by Crippen LogP contribution is -2.41. The molecule has 4 N–H and O–H groups in total. The largest absolute Gasteiger partial charge is 0.469 e. The van der Waals surface area contributed by atoms with Crippen LogP contribution < -0.4 is 5.73 Å². The lowest BCUT2D eigenvalue weighted by molar-refractivity contribution is 0.153. The zero-order valence-corrected chi connectivity index (χ0v) is 18.0. The highest BCUT2D eigenvalue weighted by Crippen LogP contribution is 2.44. The Hall–Kier alpha value is -0.710. The van der Waals surface area contributed by atoms with Crippen LogP contribution in [0.25, 0.3) is 0 Å². The van der Waals surface area contributed by atoms with E-state index in [4.69, 9.17) is 20.0 Å². The van der Waals surface area contributed by atoms with Crippen LogP contribution in [0, 0.1) is 5.92 Å². The van der Waals surface area contributed by atoms with Gasteiger partial charge in [0.1, 0.15) is 0 Å². The first kappa shape index (κ1) is 22.0. The Morgan fingerprint density at radius 1 is 1.21 bits per heavy atom. The molecule has 0 radical (unpaired) electrons. The maximum Gasteiger partial charge on any atom is 0.469 e. The summed E-state index contributed by atoms with van der Waals surface area (Å²) in [7, 11) is -4.47. The maximum absolute atomic E-state index is 11.0. The van der Waals surface area contributed by atoms with Gasteiger partial charge in [-0.2, -0.15) is 0 Å². The highest BCUT2D eigenvalue weighted by atomic mass is 31.2. The third-order valence-corrected chi connectivity index (χ3v) is 7.13. The Labute approximate surface area is 169 Å². The number of hydrogen-bond acceptors (Lipinski definition) is 3. The van der Waals surface area contributed by atoms with Crippen molar-refractivity contribution in [3.63, 3.8) is 0 Å². The van der Waals surface area contributed by atoms with E-state index in [0.717, 1.165) is 18.8 Å². The number of aryl methyl sites for hydroxylation is 1. The van der Waals surface area contributed by atoms with Crippen LogP contribution in [0.5, 0.6) is 0 Å². The second-order valence-electron chi connectivity index (χ2n) is 9.05. The fourth-order valence-electron chi connectivity index (χ4n) is 5.00. The van der Waals surface area contributed by atoms with Gasteiger partial charge >= 0.3 is 7.82 Å². The first-order valence-electron chi connectivity index (χ1n) is 10.9. The first-order chi connectivity index (χ1) is 13.3. The van der Waals surface area contributed by atoms with Crippen molar-refractivity contribution in [2.45, 2.75) is 89.0 Å². The minimum Gasteiger partial charge on any atom is -0.323 e. The molecule has 0 aliphatic heterocycles. The van der Waals surface area contributed by atoms with Gasteiger partial charge in [-0.05, 0) is 67.1 Å². The van der Waals surface area contributed by atoms with E-state index in [2.05, 4.69) is 25.1 Å². The molecule has 2 aliphatic rings. The van der Waals surface area contributed by atoms with Crippen LogP contribution in [0.15, 0.2) is 18.2 Å². The highest BCUT2D eigenvalue weighted by molar-refractivity contribution is 7.46. The molecule has 28 heavy (non-hydrogen) atoms. The van der Waals surface area contributed by atoms with Crippen molar-refractivity contribution < 1.29 is 18.9 Å². The minimum atomic E-state index is -4.47. The highest BCUT2D eigenvalue weighted by Gasteiger charge is 2.38. The van der Waals surface area contributed by atoms with Gasteiger partial charge < -0.3 is 15.5 Å². The molecule has 0 heterocycles. The van der Waals surface area contributed by atoms with Crippen molar-refractivity contribution >= 4 is 7.82 Å². The number of nitrogens with two attached hydrogens (primary N) is 1. The third-order valence-electron chi connectivity index (χ3n) is 6.66. The van der Waals surface area contributed by atoms with Crippen molar-refractivity contribution in [3.05, 3.63) is 34.9 Å². The molecule has 2 aliphatic carbocycles. The van der Waals surface area contributed by atoms with Gasteiger partial charge in [0.15, 0.2) is 0 Å². The number of phosphoric ester groups is 1. The number of hydrogen-bond donors (Lipinski definition) is 3. The van der Waals surface area contributed by atoms with Crippen LogP contribution in [0.3, 0.4) is 0 Å². The fourth-order valence-corrected chi connectivity index (χ4v) is 5.42. The van der Waals surface area contributed by atoms with E-state index in [0.29, 0.717) is 12.3 Å². The number of fused-ring (bicyclic) bond motifs is 1. The molecule has 1 fully saturated rings. The molecule has 0 saturated heterocycles. The van der Waals surface area contributed by atoms with Gasteiger partial charge in [0.2, 0.25) is 0 Å². The van der Waals surface area contributed by atoms with E-state index >= 15 is 0 Å². The predicted molar refractivity (Wildman–Crippen MR) is 112 cm³/mol.